The van der Waals surface area contributed by atoms with E-state index in [0.29, 0.717) is 24.4 Å². The molecule has 7 nitrogen and oxygen atoms in total. The van der Waals surface area contributed by atoms with Gasteiger partial charge in [-0.2, -0.15) is 0 Å². The predicted molar refractivity (Wildman–Crippen MR) is 92.4 cm³/mol. The van der Waals surface area contributed by atoms with Gasteiger partial charge in [0, 0.05) is 20.0 Å². The Labute approximate surface area is 147 Å². The molecular formula is C17H22N2O5S. The van der Waals surface area contributed by atoms with Crippen molar-refractivity contribution >= 4 is 21.7 Å². The predicted octanol–water partition coefficient (Wildman–Crippen LogP) is 0.474. The molecule has 0 N–H and O–H groups in total. The third-order valence-electron chi connectivity index (χ3n) is 4.99. The standard InChI is InChI=1S/C17H22N2O5S/c1-11-5-4-6-13(16(11)24-3)17(21)19-8-7-18(12(2)20)14-9-25(22,23)10-15(14)19/h4-6,14-15H,7-10H2,1-3H3/t14-,15+/m1/s1. The molecule has 0 unspecified atom stereocenters. The van der Waals surface area contributed by atoms with Crippen molar-refractivity contribution in [2.45, 2.75) is 25.9 Å². The van der Waals surface area contributed by atoms with Crippen molar-refractivity contribution in [2.24, 2.45) is 0 Å². The highest BCUT2D eigenvalue weighted by Crippen LogP contribution is 2.31. The first-order valence-corrected chi connectivity index (χ1v) is 9.99. The van der Waals surface area contributed by atoms with Gasteiger partial charge in [0.05, 0.1) is 36.3 Å². The minimum absolute atomic E-state index is 0.0913. The lowest BCUT2D eigenvalue weighted by Crippen LogP contribution is -2.61. The Bertz CT molecular complexity index is 820. The van der Waals surface area contributed by atoms with Crippen molar-refractivity contribution in [1.29, 1.82) is 0 Å². The summed E-state index contributed by atoms with van der Waals surface area (Å²) in [5, 5.41) is 0. The van der Waals surface area contributed by atoms with E-state index in [2.05, 4.69) is 0 Å². The number of benzene rings is 1. The molecule has 136 valence electrons. The van der Waals surface area contributed by atoms with Crippen molar-refractivity contribution < 1.29 is 22.7 Å². The summed E-state index contributed by atoms with van der Waals surface area (Å²) in [6, 6.07) is 4.33. The fourth-order valence-electron chi connectivity index (χ4n) is 3.84. The number of carbonyl (C=O) groups excluding carboxylic acids is 2. The van der Waals surface area contributed by atoms with Gasteiger partial charge in [-0.25, -0.2) is 8.42 Å². The van der Waals surface area contributed by atoms with E-state index in [1.165, 1.54) is 14.0 Å². The number of amides is 2. The van der Waals surface area contributed by atoms with Gasteiger partial charge in [-0.15, -0.1) is 0 Å². The first-order chi connectivity index (χ1) is 11.7. The van der Waals surface area contributed by atoms with Crippen LogP contribution in [-0.2, 0) is 14.6 Å². The van der Waals surface area contributed by atoms with Gasteiger partial charge < -0.3 is 14.5 Å². The molecule has 0 radical (unpaired) electrons. The summed E-state index contributed by atoms with van der Waals surface area (Å²) in [6.07, 6.45) is 0. The van der Waals surface area contributed by atoms with E-state index in [4.69, 9.17) is 4.74 Å². The Morgan fingerprint density at radius 1 is 1.12 bits per heavy atom. The van der Waals surface area contributed by atoms with Gasteiger partial charge in [0.1, 0.15) is 5.75 Å². The molecule has 2 amide bonds. The number of hydrogen-bond donors (Lipinski definition) is 0. The summed E-state index contributed by atoms with van der Waals surface area (Å²) in [7, 11) is -1.78. The number of methoxy groups -OCH3 is 1. The van der Waals surface area contributed by atoms with E-state index in [1.807, 2.05) is 13.0 Å². The van der Waals surface area contributed by atoms with Crippen LogP contribution in [0.5, 0.6) is 5.75 Å². The molecule has 2 aliphatic heterocycles. The van der Waals surface area contributed by atoms with E-state index in [9.17, 15) is 18.0 Å². The Morgan fingerprint density at radius 3 is 2.32 bits per heavy atom. The SMILES string of the molecule is COc1c(C)cccc1C(=O)N1CCN(C(C)=O)[C@@H]2CS(=O)(=O)C[C@@H]21. The summed E-state index contributed by atoms with van der Waals surface area (Å²) >= 11 is 0. The number of sulfone groups is 1. The van der Waals surface area contributed by atoms with Crippen molar-refractivity contribution in [1.82, 2.24) is 9.80 Å². The third kappa shape index (κ3) is 3.10. The molecule has 2 fully saturated rings. The lowest BCUT2D eigenvalue weighted by Gasteiger charge is -2.43. The topological polar surface area (TPSA) is 84.0 Å². The number of hydrogen-bond acceptors (Lipinski definition) is 5. The molecule has 8 heteroatoms. The normalized spacial score (nSPS) is 24.8. The smallest absolute Gasteiger partial charge is 0.258 e. The monoisotopic (exact) mass is 366 g/mol. The maximum Gasteiger partial charge on any atom is 0.258 e. The van der Waals surface area contributed by atoms with Crippen molar-refractivity contribution in [3.05, 3.63) is 29.3 Å². The van der Waals surface area contributed by atoms with Crippen LogP contribution in [0.3, 0.4) is 0 Å². The fourth-order valence-corrected chi connectivity index (χ4v) is 5.82. The first-order valence-electron chi connectivity index (χ1n) is 8.17. The number of piperazine rings is 1. The Hall–Kier alpha value is -2.09. The highest BCUT2D eigenvalue weighted by Gasteiger charge is 2.49. The summed E-state index contributed by atoms with van der Waals surface area (Å²) in [5.74, 6) is -0.116. The molecule has 2 atom stereocenters. The van der Waals surface area contributed by atoms with Crippen LogP contribution >= 0.6 is 0 Å². The van der Waals surface area contributed by atoms with E-state index in [0.717, 1.165) is 5.56 Å². The Morgan fingerprint density at radius 2 is 1.72 bits per heavy atom. The minimum Gasteiger partial charge on any atom is -0.496 e. The van der Waals surface area contributed by atoms with Gasteiger partial charge >= 0.3 is 0 Å². The second kappa shape index (κ2) is 6.33. The zero-order chi connectivity index (χ0) is 18.4. The second-order valence-electron chi connectivity index (χ2n) is 6.58. The van der Waals surface area contributed by atoms with Gasteiger partial charge in [-0.1, -0.05) is 12.1 Å². The molecule has 0 aromatic heterocycles. The molecule has 25 heavy (non-hydrogen) atoms. The van der Waals surface area contributed by atoms with Gasteiger partial charge in [0.15, 0.2) is 9.84 Å². The van der Waals surface area contributed by atoms with Crippen LogP contribution in [0.1, 0.15) is 22.8 Å². The van der Waals surface area contributed by atoms with E-state index >= 15 is 0 Å². The number of ether oxygens (including phenoxy) is 1. The number of aryl methyl sites for hydroxylation is 1. The van der Waals surface area contributed by atoms with Gasteiger partial charge in [0.25, 0.3) is 5.91 Å². The summed E-state index contributed by atoms with van der Waals surface area (Å²) in [6.45, 7) is 3.94. The van der Waals surface area contributed by atoms with Crippen molar-refractivity contribution in [2.75, 3.05) is 31.7 Å². The van der Waals surface area contributed by atoms with Crippen LogP contribution in [-0.4, -0.2) is 73.8 Å². The summed E-state index contributed by atoms with van der Waals surface area (Å²) in [4.78, 5) is 28.1. The zero-order valence-corrected chi connectivity index (χ0v) is 15.4. The molecule has 2 saturated heterocycles. The lowest BCUT2D eigenvalue weighted by molar-refractivity contribution is -0.133. The first kappa shape index (κ1) is 17.7. The quantitative estimate of drug-likeness (QED) is 0.760. The molecule has 1 aromatic carbocycles. The zero-order valence-electron chi connectivity index (χ0n) is 14.6. The second-order valence-corrected chi connectivity index (χ2v) is 8.73. The third-order valence-corrected chi connectivity index (χ3v) is 6.69. The maximum atomic E-state index is 13.1. The van der Waals surface area contributed by atoms with E-state index in [1.54, 1.807) is 21.9 Å². The van der Waals surface area contributed by atoms with Crippen LogP contribution in [0.4, 0.5) is 0 Å². The number of para-hydroxylation sites is 1. The highest BCUT2D eigenvalue weighted by molar-refractivity contribution is 7.91. The van der Waals surface area contributed by atoms with Crippen LogP contribution in [0.25, 0.3) is 0 Å². The molecule has 3 rings (SSSR count). The van der Waals surface area contributed by atoms with Crippen molar-refractivity contribution in [3.8, 4) is 5.75 Å². The highest BCUT2D eigenvalue weighted by atomic mass is 32.2. The molecule has 2 aliphatic rings. The lowest BCUT2D eigenvalue weighted by atomic mass is 10.0. The summed E-state index contributed by atoms with van der Waals surface area (Å²) < 4.78 is 29.7. The Balaban J connectivity index is 1.97. The van der Waals surface area contributed by atoms with Crippen LogP contribution < -0.4 is 4.74 Å². The molecule has 0 bridgehead atoms. The van der Waals surface area contributed by atoms with E-state index < -0.39 is 21.9 Å². The Kier molecular flexibility index (Phi) is 4.49. The van der Waals surface area contributed by atoms with E-state index in [-0.39, 0.29) is 23.3 Å². The van der Waals surface area contributed by atoms with Crippen LogP contribution in [0, 0.1) is 6.92 Å². The molecule has 0 aliphatic carbocycles. The minimum atomic E-state index is -3.29. The molecule has 2 heterocycles. The number of fused-ring (bicyclic) bond motifs is 1. The molecular weight excluding hydrogens is 344 g/mol. The fraction of sp³-hybridized carbons (Fsp3) is 0.529. The van der Waals surface area contributed by atoms with Crippen LogP contribution in [0.2, 0.25) is 0 Å². The molecule has 0 spiro atoms. The molecule has 1 aromatic rings. The number of nitrogens with zero attached hydrogens (tertiary/aromatic N) is 2. The van der Waals surface area contributed by atoms with Gasteiger partial charge in [-0.3, -0.25) is 9.59 Å². The largest absolute Gasteiger partial charge is 0.496 e. The van der Waals surface area contributed by atoms with Gasteiger partial charge in [-0.05, 0) is 18.6 Å². The maximum absolute atomic E-state index is 13.1. The van der Waals surface area contributed by atoms with Crippen LogP contribution in [0.15, 0.2) is 18.2 Å². The van der Waals surface area contributed by atoms with Gasteiger partial charge in [0.2, 0.25) is 5.91 Å². The number of rotatable bonds is 2. The van der Waals surface area contributed by atoms with Crippen molar-refractivity contribution in [3.63, 3.8) is 0 Å². The summed E-state index contributed by atoms with van der Waals surface area (Å²) in [5.41, 5.74) is 1.26. The number of carbonyl (C=O) groups is 2. The average molecular weight is 366 g/mol. The molecule has 0 saturated carbocycles. The average Bonchev–Trinajstić information content (AvgIpc) is 2.87.